The molecule has 0 aromatic heterocycles. The average molecular weight is 374 g/mol. The molecule has 0 radical (unpaired) electrons. The van der Waals surface area contributed by atoms with Crippen molar-refractivity contribution in [1.82, 2.24) is 10.0 Å². The minimum Gasteiger partial charge on any atom is -0.495 e. The first-order valence-corrected chi connectivity index (χ1v) is 9.10. The lowest BCUT2D eigenvalue weighted by Crippen LogP contribution is -2.52. The van der Waals surface area contributed by atoms with Crippen LogP contribution in [0.4, 0.5) is 0 Å². The summed E-state index contributed by atoms with van der Waals surface area (Å²) in [7, 11) is -2.31. The van der Waals surface area contributed by atoms with E-state index in [1.165, 1.54) is 25.3 Å². The second-order valence-corrected chi connectivity index (χ2v) is 8.16. The highest BCUT2D eigenvalue weighted by molar-refractivity contribution is 7.89. The van der Waals surface area contributed by atoms with Gasteiger partial charge >= 0.3 is 0 Å². The molecule has 1 unspecified atom stereocenters. The molecule has 0 aliphatic carbocycles. The number of hydrogen-bond donors (Lipinski definition) is 2. The number of ether oxygens (including phenoxy) is 1. The lowest BCUT2D eigenvalue weighted by atomic mass is 9.78. The van der Waals surface area contributed by atoms with Crippen LogP contribution in [-0.4, -0.2) is 34.7 Å². The third-order valence-corrected chi connectivity index (χ3v) is 5.85. The number of sulfonamides is 1. The number of benzene rings is 1. The van der Waals surface area contributed by atoms with Gasteiger partial charge in [-0.05, 0) is 43.0 Å². The van der Waals surface area contributed by atoms with Gasteiger partial charge in [0.25, 0.3) is 0 Å². The van der Waals surface area contributed by atoms with Gasteiger partial charge in [-0.3, -0.25) is 0 Å². The van der Waals surface area contributed by atoms with E-state index in [0.29, 0.717) is 12.1 Å². The molecule has 0 spiro atoms. The van der Waals surface area contributed by atoms with Crippen LogP contribution in [0.2, 0.25) is 0 Å². The van der Waals surface area contributed by atoms with Gasteiger partial charge in [0, 0.05) is 12.6 Å². The van der Waals surface area contributed by atoms with Gasteiger partial charge in [-0.2, -0.15) is 5.26 Å². The largest absolute Gasteiger partial charge is 0.495 e. The molecule has 8 heteroatoms. The summed E-state index contributed by atoms with van der Waals surface area (Å²) in [5.74, 6) is 0.174. The summed E-state index contributed by atoms with van der Waals surface area (Å²) in [5.41, 5.74) is 0.395. The van der Waals surface area contributed by atoms with Gasteiger partial charge in [0.15, 0.2) is 0 Å². The van der Waals surface area contributed by atoms with Crippen molar-refractivity contribution < 1.29 is 13.2 Å². The number of nitrogens with one attached hydrogen (secondary N) is 2. The standard InChI is InChI=1S/C16H23N3O3S.ClH/c1-16(2)7-4-8-18-15(16)11-19-23(20,21)14-6-5-12(10-17)9-13(14)22-3;/h5-6,9,15,18-19H,4,7-8,11H2,1-3H3;1H. The molecule has 0 bridgehead atoms. The summed E-state index contributed by atoms with van der Waals surface area (Å²) in [5, 5.41) is 12.3. The molecule has 2 rings (SSSR count). The minimum atomic E-state index is -3.70. The average Bonchev–Trinajstić information content (AvgIpc) is 2.52. The molecule has 134 valence electrons. The number of rotatable bonds is 5. The summed E-state index contributed by atoms with van der Waals surface area (Å²) in [6.07, 6.45) is 2.16. The molecule has 1 aromatic carbocycles. The van der Waals surface area contributed by atoms with Crippen LogP contribution >= 0.6 is 12.4 Å². The summed E-state index contributed by atoms with van der Waals surface area (Å²) in [6.45, 7) is 5.50. The molecule has 6 nitrogen and oxygen atoms in total. The van der Waals surface area contributed by atoms with Crippen molar-refractivity contribution in [3.05, 3.63) is 23.8 Å². The number of nitrogens with zero attached hydrogens (tertiary/aromatic N) is 1. The topological polar surface area (TPSA) is 91.2 Å². The van der Waals surface area contributed by atoms with Crippen LogP contribution in [0, 0.1) is 16.7 Å². The van der Waals surface area contributed by atoms with E-state index in [2.05, 4.69) is 23.9 Å². The van der Waals surface area contributed by atoms with Gasteiger partial charge in [0.05, 0.1) is 18.7 Å². The molecule has 24 heavy (non-hydrogen) atoms. The molecule has 0 saturated carbocycles. The van der Waals surface area contributed by atoms with Crippen molar-refractivity contribution in [2.45, 2.75) is 37.6 Å². The zero-order chi connectivity index (χ0) is 17.1. The van der Waals surface area contributed by atoms with E-state index in [-0.39, 0.29) is 34.5 Å². The van der Waals surface area contributed by atoms with E-state index in [1.807, 2.05) is 6.07 Å². The highest BCUT2D eigenvalue weighted by Gasteiger charge is 2.33. The van der Waals surface area contributed by atoms with Gasteiger partial charge in [0.2, 0.25) is 10.0 Å². The smallest absolute Gasteiger partial charge is 0.244 e. The summed E-state index contributed by atoms with van der Waals surface area (Å²) in [6, 6.07) is 6.35. The number of methoxy groups -OCH3 is 1. The Bertz CT molecular complexity index is 714. The van der Waals surface area contributed by atoms with Gasteiger partial charge in [0.1, 0.15) is 10.6 Å². The molecule has 1 saturated heterocycles. The fourth-order valence-electron chi connectivity index (χ4n) is 2.85. The van der Waals surface area contributed by atoms with Crippen molar-refractivity contribution in [2.24, 2.45) is 5.41 Å². The summed E-state index contributed by atoms with van der Waals surface area (Å²) in [4.78, 5) is 0.0487. The molecule has 2 N–H and O–H groups in total. The van der Waals surface area contributed by atoms with Gasteiger partial charge in [-0.1, -0.05) is 13.8 Å². The molecule has 0 amide bonds. The quantitative estimate of drug-likeness (QED) is 0.824. The van der Waals surface area contributed by atoms with Crippen LogP contribution in [-0.2, 0) is 10.0 Å². The Hall–Kier alpha value is -1.33. The maximum Gasteiger partial charge on any atom is 0.244 e. The van der Waals surface area contributed by atoms with E-state index >= 15 is 0 Å². The Kier molecular flexibility index (Phi) is 7.05. The fraction of sp³-hybridized carbons (Fsp3) is 0.562. The van der Waals surface area contributed by atoms with Crippen molar-refractivity contribution in [3.63, 3.8) is 0 Å². The SMILES string of the molecule is COc1cc(C#N)ccc1S(=O)(=O)NCC1NCCCC1(C)C.Cl. The fourth-order valence-corrected chi connectivity index (χ4v) is 4.05. The highest BCUT2D eigenvalue weighted by atomic mass is 35.5. The van der Waals surface area contributed by atoms with Crippen LogP contribution in [0.5, 0.6) is 5.75 Å². The Morgan fingerprint density at radius 1 is 1.46 bits per heavy atom. The zero-order valence-electron chi connectivity index (χ0n) is 14.1. The van der Waals surface area contributed by atoms with Gasteiger partial charge < -0.3 is 10.1 Å². The molecular weight excluding hydrogens is 350 g/mol. The number of hydrogen-bond acceptors (Lipinski definition) is 5. The summed E-state index contributed by atoms with van der Waals surface area (Å²) >= 11 is 0. The van der Waals surface area contributed by atoms with Crippen LogP contribution in [0.3, 0.4) is 0 Å². The molecule has 1 atom stereocenters. The zero-order valence-corrected chi connectivity index (χ0v) is 15.8. The Morgan fingerprint density at radius 2 is 2.17 bits per heavy atom. The van der Waals surface area contributed by atoms with E-state index in [0.717, 1.165) is 19.4 Å². The molecular formula is C16H24ClN3O3S. The predicted octanol–water partition coefficient (Wildman–Crippen LogP) is 2.05. The first-order chi connectivity index (χ1) is 10.8. The first kappa shape index (κ1) is 20.7. The van der Waals surface area contributed by atoms with Crippen molar-refractivity contribution in [1.29, 1.82) is 5.26 Å². The lowest BCUT2D eigenvalue weighted by molar-refractivity contribution is 0.181. The number of halogens is 1. The van der Waals surface area contributed by atoms with Crippen molar-refractivity contribution >= 4 is 22.4 Å². The monoisotopic (exact) mass is 373 g/mol. The van der Waals surface area contributed by atoms with E-state index in [1.54, 1.807) is 0 Å². The Labute approximate surface area is 150 Å². The van der Waals surface area contributed by atoms with Crippen LogP contribution in [0.25, 0.3) is 0 Å². The third kappa shape index (κ3) is 4.61. The third-order valence-electron chi connectivity index (χ3n) is 4.39. The normalized spacial score (nSPS) is 19.8. The maximum absolute atomic E-state index is 12.6. The highest BCUT2D eigenvalue weighted by Crippen LogP contribution is 2.30. The molecule has 1 fully saturated rings. The van der Waals surface area contributed by atoms with Crippen molar-refractivity contribution in [2.75, 3.05) is 20.2 Å². The second-order valence-electron chi connectivity index (χ2n) is 6.43. The lowest BCUT2D eigenvalue weighted by Gasteiger charge is -2.39. The predicted molar refractivity (Wildman–Crippen MR) is 95.0 cm³/mol. The van der Waals surface area contributed by atoms with Gasteiger partial charge in [-0.25, -0.2) is 13.1 Å². The van der Waals surface area contributed by atoms with Crippen molar-refractivity contribution in [3.8, 4) is 11.8 Å². The number of piperidine rings is 1. The van der Waals surface area contributed by atoms with Crippen LogP contribution < -0.4 is 14.8 Å². The van der Waals surface area contributed by atoms with E-state index in [4.69, 9.17) is 10.00 Å². The summed E-state index contributed by atoms with van der Waals surface area (Å²) < 4.78 is 32.9. The minimum absolute atomic E-state index is 0. The first-order valence-electron chi connectivity index (χ1n) is 7.61. The molecule has 1 aliphatic heterocycles. The maximum atomic E-state index is 12.6. The van der Waals surface area contributed by atoms with Crippen LogP contribution in [0.15, 0.2) is 23.1 Å². The van der Waals surface area contributed by atoms with E-state index < -0.39 is 10.0 Å². The molecule has 1 aromatic rings. The van der Waals surface area contributed by atoms with E-state index in [9.17, 15) is 8.42 Å². The van der Waals surface area contributed by atoms with Gasteiger partial charge in [-0.15, -0.1) is 12.4 Å². The second kappa shape index (κ2) is 8.17. The Morgan fingerprint density at radius 3 is 2.75 bits per heavy atom. The molecule has 1 aliphatic rings. The molecule has 1 heterocycles. The Balaban J connectivity index is 0.00000288. The van der Waals surface area contributed by atoms with Crippen LogP contribution in [0.1, 0.15) is 32.3 Å². The number of nitriles is 1.